The minimum atomic E-state index is -1.73. The van der Waals surface area contributed by atoms with E-state index in [2.05, 4.69) is 26.6 Å². The van der Waals surface area contributed by atoms with Gasteiger partial charge in [0, 0.05) is 45.7 Å². The third-order valence-corrected chi connectivity index (χ3v) is 13.2. The summed E-state index contributed by atoms with van der Waals surface area (Å²) in [5.74, 6) is -8.63. The first-order valence-electron chi connectivity index (χ1n) is 23.0. The van der Waals surface area contributed by atoms with Crippen molar-refractivity contribution in [3.8, 4) is 5.75 Å². The smallest absolute Gasteiger partial charge is 0.321 e. The van der Waals surface area contributed by atoms with Crippen molar-refractivity contribution in [2.75, 3.05) is 32.1 Å². The van der Waals surface area contributed by atoms with Crippen molar-refractivity contribution < 1.29 is 57.8 Å². The fourth-order valence-electron chi connectivity index (χ4n) is 7.84. The van der Waals surface area contributed by atoms with Crippen molar-refractivity contribution in [3.63, 3.8) is 0 Å². The molecule has 24 heteroatoms. The number of imide groups is 1. The largest absolute Gasteiger partial charge is 0.508 e. The highest BCUT2D eigenvalue weighted by Crippen LogP contribution is 2.22. The Morgan fingerprint density at radius 3 is 2.10 bits per heavy atom. The summed E-state index contributed by atoms with van der Waals surface area (Å²) in [6.45, 7) is 7.13. The van der Waals surface area contributed by atoms with Crippen molar-refractivity contribution in [2.24, 2.45) is 29.0 Å². The minimum absolute atomic E-state index is 0.0129. The summed E-state index contributed by atoms with van der Waals surface area (Å²) in [5.41, 5.74) is 16.9. The molecule has 8 atom stereocenters. The summed E-state index contributed by atoms with van der Waals surface area (Å²) < 4.78 is 0. The van der Waals surface area contributed by atoms with Crippen LogP contribution >= 0.6 is 11.8 Å². The predicted octanol–water partition coefficient (Wildman–Crippen LogP) is -1.53. The van der Waals surface area contributed by atoms with Gasteiger partial charge < -0.3 is 58.7 Å². The highest BCUT2D eigenvalue weighted by atomic mass is 32.2. The van der Waals surface area contributed by atoms with Crippen LogP contribution in [0.5, 0.6) is 5.75 Å². The molecule has 12 N–H and O–H groups in total. The fraction of sp³-hybridized carbons (Fsp3) is 0.622. The number of likely N-dealkylation sites (N-methyl/N-ethyl adjacent to an activating group) is 2. The normalized spacial score (nSPS) is 23.4. The SMILES string of the molecule is CC[C@H](C)[C@@H]1NC(=O)[C@H](Cc2ccc(O)cc2)N(C)C(=O)CCCSC[C@H](C(=O)N2CCC[C@H]2C(=O)N[C@@H](CC(C)C)C(=O)N(C)C(N)=O)NC(=O)[C@H](CC(N)=O)NC(=O)[C@H](CCC(N)=O)NC1=O. The van der Waals surface area contributed by atoms with Gasteiger partial charge in [-0.25, -0.2) is 4.79 Å². The average Bonchev–Trinajstić information content (AvgIpc) is 3.79. The standard InChI is InChI=1S/C45H69N11O12S/c1-7-25(4)37-42(65)49-28(16-17-34(46)58)38(61)50-29(22-35(47)59)39(62)52-31(23-69-19-9-11-36(60)54(5)33(41(64)53-37)21-26-12-14-27(57)15-13-26)44(67)56-18-8-10-32(56)40(63)51-30(20-24(2)3)43(66)55(6)45(48)68/h12-15,24-25,28-33,37,57H,7-11,16-23H2,1-6H3,(H2,46,58)(H2,47,59)(H2,48,68)(H,49,65)(H,50,61)(H,51,63)(H,52,62)(H,53,64)/t25-,28-,29-,30-,31+,32-,33-,37-/m0/s1. The maximum atomic E-state index is 14.5. The molecule has 2 aliphatic heterocycles. The molecule has 2 saturated heterocycles. The Kier molecular flexibility index (Phi) is 22.2. The predicted molar refractivity (Wildman–Crippen MR) is 253 cm³/mol. The molecule has 1 aromatic carbocycles. The van der Waals surface area contributed by atoms with Crippen LogP contribution in [-0.4, -0.2) is 159 Å². The van der Waals surface area contributed by atoms with Crippen molar-refractivity contribution >= 4 is 76.9 Å². The summed E-state index contributed by atoms with van der Waals surface area (Å²) in [5, 5.41) is 22.9. The summed E-state index contributed by atoms with van der Waals surface area (Å²) in [4.78, 5) is 151. The van der Waals surface area contributed by atoms with E-state index in [4.69, 9.17) is 17.2 Å². The van der Waals surface area contributed by atoms with Gasteiger partial charge in [0.2, 0.25) is 53.2 Å². The van der Waals surface area contributed by atoms with Crippen LogP contribution < -0.4 is 43.8 Å². The third kappa shape index (κ3) is 17.2. The number of hydrogen-bond acceptors (Lipinski definition) is 13. The van der Waals surface area contributed by atoms with E-state index >= 15 is 0 Å². The molecule has 0 bridgehead atoms. The molecule has 0 saturated carbocycles. The molecule has 2 aliphatic rings. The molecule has 1 aromatic rings. The van der Waals surface area contributed by atoms with Crippen molar-refractivity contribution in [2.45, 2.75) is 134 Å². The van der Waals surface area contributed by atoms with Gasteiger partial charge in [-0.2, -0.15) is 11.8 Å². The van der Waals surface area contributed by atoms with Gasteiger partial charge in [0.25, 0.3) is 5.91 Å². The number of likely N-dealkylation sites (tertiary alicyclic amines) is 1. The Labute approximate surface area is 405 Å². The Balaban J connectivity index is 2.06. The van der Waals surface area contributed by atoms with E-state index in [0.717, 1.165) is 0 Å². The van der Waals surface area contributed by atoms with Crippen LogP contribution in [-0.2, 0) is 54.4 Å². The number of carbonyl (C=O) groups excluding carboxylic acids is 11. The number of amides is 12. The molecule has 2 heterocycles. The summed E-state index contributed by atoms with van der Waals surface area (Å²) in [7, 11) is 2.62. The second-order valence-electron chi connectivity index (χ2n) is 17.9. The molecule has 0 aromatic heterocycles. The van der Waals surface area contributed by atoms with Crippen LogP contribution in [0.3, 0.4) is 0 Å². The number of nitrogens with zero attached hydrogens (tertiary/aromatic N) is 3. The number of thioether (sulfide) groups is 1. The number of primary amides is 3. The first kappa shape index (κ1) is 56.9. The molecule has 23 nitrogen and oxygen atoms in total. The molecule has 12 amide bonds. The molecule has 0 radical (unpaired) electrons. The van der Waals surface area contributed by atoms with Gasteiger partial charge in [-0.3, -0.25) is 52.8 Å². The van der Waals surface area contributed by atoms with Gasteiger partial charge in [-0.05, 0) is 67.4 Å². The zero-order valence-corrected chi connectivity index (χ0v) is 40.9. The number of urea groups is 1. The van der Waals surface area contributed by atoms with Crippen LogP contribution in [0.15, 0.2) is 24.3 Å². The zero-order valence-electron chi connectivity index (χ0n) is 40.1. The maximum Gasteiger partial charge on any atom is 0.321 e. The Morgan fingerprint density at radius 2 is 1.51 bits per heavy atom. The average molecular weight is 988 g/mol. The van der Waals surface area contributed by atoms with E-state index in [1.54, 1.807) is 26.0 Å². The minimum Gasteiger partial charge on any atom is -0.508 e. The van der Waals surface area contributed by atoms with Crippen LogP contribution in [0.4, 0.5) is 4.79 Å². The summed E-state index contributed by atoms with van der Waals surface area (Å²) >= 11 is 1.18. The summed E-state index contributed by atoms with van der Waals surface area (Å²) in [6, 6.07) is -4.42. The van der Waals surface area contributed by atoms with Crippen LogP contribution in [0.25, 0.3) is 0 Å². The topological polar surface area (TPSA) is 356 Å². The molecular weight excluding hydrogens is 919 g/mol. The molecule has 0 unspecified atom stereocenters. The van der Waals surface area contributed by atoms with Gasteiger partial charge in [0.05, 0.1) is 6.42 Å². The number of phenolic OH excluding ortho intramolecular Hbond substituents is 1. The Hall–Kier alpha value is -6.46. The zero-order chi connectivity index (χ0) is 51.7. The monoisotopic (exact) mass is 987 g/mol. The highest BCUT2D eigenvalue weighted by Gasteiger charge is 2.41. The molecule has 0 aliphatic carbocycles. The van der Waals surface area contributed by atoms with Gasteiger partial charge >= 0.3 is 6.03 Å². The second kappa shape index (κ2) is 26.9. The second-order valence-corrected chi connectivity index (χ2v) is 19.1. The van der Waals surface area contributed by atoms with Gasteiger partial charge in [-0.1, -0.05) is 46.2 Å². The van der Waals surface area contributed by atoms with E-state index in [1.807, 2.05) is 13.8 Å². The number of nitrogens with two attached hydrogens (primary N) is 3. The molecule has 69 heavy (non-hydrogen) atoms. The number of phenols is 1. The van der Waals surface area contributed by atoms with E-state index < -0.39 is 126 Å². The first-order valence-corrected chi connectivity index (χ1v) is 24.2. The van der Waals surface area contributed by atoms with Crippen LogP contribution in [0.1, 0.15) is 91.0 Å². The number of nitrogens with one attached hydrogen (secondary N) is 5. The lowest BCUT2D eigenvalue weighted by Crippen LogP contribution is -2.61. The van der Waals surface area contributed by atoms with E-state index in [0.29, 0.717) is 23.3 Å². The molecular formula is C45H69N11O12S. The van der Waals surface area contributed by atoms with Crippen molar-refractivity contribution in [1.82, 2.24) is 41.3 Å². The van der Waals surface area contributed by atoms with E-state index in [1.165, 1.54) is 47.8 Å². The van der Waals surface area contributed by atoms with Crippen molar-refractivity contribution in [1.29, 1.82) is 0 Å². The van der Waals surface area contributed by atoms with Gasteiger partial charge in [0.1, 0.15) is 48.0 Å². The number of hydrogen-bond donors (Lipinski definition) is 9. The third-order valence-electron chi connectivity index (χ3n) is 12.1. The van der Waals surface area contributed by atoms with Gasteiger partial charge in [0.15, 0.2) is 0 Å². The Bertz CT molecular complexity index is 2060. The lowest BCUT2D eigenvalue weighted by molar-refractivity contribution is -0.142. The Morgan fingerprint density at radius 1 is 0.870 bits per heavy atom. The van der Waals surface area contributed by atoms with E-state index in [9.17, 15) is 57.8 Å². The number of rotatable bonds is 15. The lowest BCUT2D eigenvalue weighted by atomic mass is 9.96. The van der Waals surface area contributed by atoms with Crippen LogP contribution in [0.2, 0.25) is 0 Å². The van der Waals surface area contributed by atoms with Gasteiger partial charge in [-0.15, -0.1) is 0 Å². The van der Waals surface area contributed by atoms with E-state index in [-0.39, 0.29) is 68.2 Å². The molecule has 382 valence electrons. The summed E-state index contributed by atoms with van der Waals surface area (Å²) in [6.07, 6.45) is -0.362. The van der Waals surface area contributed by atoms with Crippen LogP contribution in [0, 0.1) is 11.8 Å². The molecule has 2 fully saturated rings. The maximum absolute atomic E-state index is 14.5. The lowest BCUT2D eigenvalue weighted by Gasteiger charge is -2.32. The number of benzene rings is 1. The van der Waals surface area contributed by atoms with Crippen molar-refractivity contribution in [3.05, 3.63) is 29.8 Å². The number of aromatic hydroxyl groups is 1. The molecule has 0 spiro atoms. The number of carbonyl (C=O) groups is 11. The quantitative estimate of drug-likeness (QED) is 0.0965. The highest BCUT2D eigenvalue weighted by molar-refractivity contribution is 7.99. The molecule has 3 rings (SSSR count). The fourth-order valence-corrected chi connectivity index (χ4v) is 8.82. The first-order chi connectivity index (χ1) is 32.4.